The van der Waals surface area contributed by atoms with Crippen LogP contribution in [0.15, 0.2) is 29.4 Å². The summed E-state index contributed by atoms with van der Waals surface area (Å²) in [5, 5.41) is 12.5. The second-order valence-electron chi connectivity index (χ2n) is 4.17. The summed E-state index contributed by atoms with van der Waals surface area (Å²) in [5.74, 6) is 0. The Kier molecular flexibility index (Phi) is 3.64. The smallest absolute Gasteiger partial charge is 0.278 e. The molecule has 0 saturated carbocycles. The summed E-state index contributed by atoms with van der Waals surface area (Å²) in [6.45, 7) is 6.22. The van der Waals surface area contributed by atoms with E-state index in [1.54, 1.807) is 18.3 Å². The largest absolute Gasteiger partial charge is 0.456 e. The molecule has 4 heteroatoms. The molecule has 0 unspecified atom stereocenters. The Bertz CT molecular complexity index is 385. The number of benzene rings is 1. The molecule has 0 amide bonds. The average molecular weight is 218 g/mol. The van der Waals surface area contributed by atoms with E-state index in [9.17, 15) is 0 Å². The first-order valence-corrected chi connectivity index (χ1v) is 8.14. The number of rotatable bonds is 3. The number of nitriles is 1. The Morgan fingerprint density at radius 3 is 2.33 bits per heavy atom. The summed E-state index contributed by atoms with van der Waals surface area (Å²) in [5.41, 5.74) is 1.59. The minimum atomic E-state index is -1.58. The van der Waals surface area contributed by atoms with Crippen molar-refractivity contribution in [2.24, 2.45) is 5.16 Å². The Morgan fingerprint density at radius 1 is 1.27 bits per heavy atom. The van der Waals surface area contributed by atoms with Crippen molar-refractivity contribution in [1.29, 1.82) is 5.26 Å². The fraction of sp³-hybridized carbons (Fsp3) is 0.273. The molecule has 15 heavy (non-hydrogen) atoms. The van der Waals surface area contributed by atoms with Crippen molar-refractivity contribution >= 4 is 14.5 Å². The molecule has 0 heterocycles. The quantitative estimate of drug-likeness (QED) is 0.445. The van der Waals surface area contributed by atoms with Gasteiger partial charge in [0.05, 0.1) is 17.8 Å². The third-order valence-corrected chi connectivity index (χ3v) is 2.22. The zero-order valence-electron chi connectivity index (χ0n) is 9.19. The highest BCUT2D eigenvalue weighted by molar-refractivity contribution is 6.69. The van der Waals surface area contributed by atoms with E-state index in [0.717, 1.165) is 5.56 Å². The molecule has 0 radical (unpaired) electrons. The van der Waals surface area contributed by atoms with Gasteiger partial charge in [-0.25, -0.2) is 0 Å². The first kappa shape index (κ1) is 11.5. The van der Waals surface area contributed by atoms with Gasteiger partial charge in [-0.15, -0.1) is 5.16 Å². The van der Waals surface area contributed by atoms with E-state index in [-0.39, 0.29) is 0 Å². The van der Waals surface area contributed by atoms with Crippen LogP contribution < -0.4 is 0 Å². The maximum absolute atomic E-state index is 8.61. The lowest BCUT2D eigenvalue weighted by Gasteiger charge is -2.11. The highest BCUT2D eigenvalue weighted by atomic mass is 28.4. The van der Waals surface area contributed by atoms with E-state index in [4.69, 9.17) is 9.79 Å². The summed E-state index contributed by atoms with van der Waals surface area (Å²) in [4.78, 5) is 0. The molecular weight excluding hydrogens is 204 g/mol. The lowest BCUT2D eigenvalue weighted by Crippen LogP contribution is -2.22. The van der Waals surface area contributed by atoms with Gasteiger partial charge in [0.2, 0.25) is 0 Å². The van der Waals surface area contributed by atoms with Crippen LogP contribution in [-0.2, 0) is 4.53 Å². The summed E-state index contributed by atoms with van der Waals surface area (Å²) >= 11 is 0. The van der Waals surface area contributed by atoms with Gasteiger partial charge in [-0.3, -0.25) is 0 Å². The fourth-order valence-corrected chi connectivity index (χ4v) is 1.26. The van der Waals surface area contributed by atoms with Gasteiger partial charge < -0.3 is 4.53 Å². The Balaban J connectivity index is 2.62. The van der Waals surface area contributed by atoms with Crippen LogP contribution in [0.4, 0.5) is 0 Å². The average Bonchev–Trinajstić information content (AvgIpc) is 2.17. The third-order valence-electron chi connectivity index (χ3n) is 1.57. The van der Waals surface area contributed by atoms with Crippen molar-refractivity contribution in [1.82, 2.24) is 0 Å². The van der Waals surface area contributed by atoms with Crippen LogP contribution in [0.2, 0.25) is 19.6 Å². The summed E-state index contributed by atoms with van der Waals surface area (Å²) in [7, 11) is -1.58. The maximum Gasteiger partial charge on any atom is 0.278 e. The van der Waals surface area contributed by atoms with E-state index in [2.05, 4.69) is 30.9 Å². The molecular formula is C11H14N2OSi. The zero-order valence-corrected chi connectivity index (χ0v) is 10.2. The molecule has 0 N–H and O–H groups in total. The van der Waals surface area contributed by atoms with Crippen molar-refractivity contribution in [3.63, 3.8) is 0 Å². The molecule has 0 aliphatic rings. The lowest BCUT2D eigenvalue weighted by atomic mass is 10.2. The third kappa shape index (κ3) is 4.43. The van der Waals surface area contributed by atoms with Crippen molar-refractivity contribution in [2.45, 2.75) is 19.6 Å². The van der Waals surface area contributed by atoms with Gasteiger partial charge >= 0.3 is 0 Å². The second-order valence-corrected chi connectivity index (χ2v) is 8.58. The Labute approximate surface area is 91.1 Å². The minimum Gasteiger partial charge on any atom is -0.456 e. The molecule has 1 aromatic carbocycles. The normalized spacial score (nSPS) is 11.3. The number of nitrogens with zero attached hydrogens (tertiary/aromatic N) is 2. The molecule has 0 aliphatic heterocycles. The van der Waals surface area contributed by atoms with Crippen molar-refractivity contribution in [2.75, 3.05) is 0 Å². The minimum absolute atomic E-state index is 0.651. The molecule has 0 fully saturated rings. The highest BCUT2D eigenvalue weighted by Gasteiger charge is 2.15. The highest BCUT2D eigenvalue weighted by Crippen LogP contribution is 2.04. The van der Waals surface area contributed by atoms with Gasteiger partial charge in [0, 0.05) is 0 Å². The Hall–Kier alpha value is -1.60. The Morgan fingerprint density at radius 2 is 1.87 bits per heavy atom. The number of hydrogen-bond acceptors (Lipinski definition) is 3. The number of oxime groups is 1. The molecule has 1 aromatic rings. The molecule has 1 rings (SSSR count). The van der Waals surface area contributed by atoms with E-state index in [1.807, 2.05) is 12.1 Å². The van der Waals surface area contributed by atoms with Gasteiger partial charge in [-0.2, -0.15) is 5.26 Å². The van der Waals surface area contributed by atoms with Crippen LogP contribution in [0.1, 0.15) is 11.1 Å². The zero-order chi connectivity index (χ0) is 11.3. The van der Waals surface area contributed by atoms with Gasteiger partial charge in [0.15, 0.2) is 0 Å². The molecule has 0 bridgehead atoms. The van der Waals surface area contributed by atoms with Crippen molar-refractivity contribution < 1.29 is 4.53 Å². The predicted octanol–water partition coefficient (Wildman–Crippen LogP) is 2.74. The van der Waals surface area contributed by atoms with Gasteiger partial charge in [0.1, 0.15) is 0 Å². The second kappa shape index (κ2) is 4.76. The van der Waals surface area contributed by atoms with Crippen LogP contribution in [0, 0.1) is 11.3 Å². The first-order chi connectivity index (χ1) is 7.01. The molecule has 0 aliphatic carbocycles. The summed E-state index contributed by atoms with van der Waals surface area (Å²) in [6, 6.07) is 9.27. The van der Waals surface area contributed by atoms with Gasteiger partial charge in [0.25, 0.3) is 8.32 Å². The molecule has 0 spiro atoms. The SMILES string of the molecule is C[Si](C)(C)O/N=C/c1ccc(C#N)cc1. The molecule has 0 aromatic heterocycles. The van der Waals surface area contributed by atoms with Crippen LogP contribution in [0.5, 0.6) is 0 Å². The molecule has 3 nitrogen and oxygen atoms in total. The van der Waals surface area contributed by atoms with Crippen molar-refractivity contribution in [3.05, 3.63) is 35.4 Å². The standard InChI is InChI=1S/C11H14N2OSi/c1-15(2,3)14-13-9-11-6-4-10(8-12)5-7-11/h4-7,9H,1-3H3/b13-9+. The van der Waals surface area contributed by atoms with Gasteiger partial charge in [-0.05, 0) is 37.3 Å². The van der Waals surface area contributed by atoms with E-state index < -0.39 is 8.32 Å². The number of hydrogen-bond donors (Lipinski definition) is 0. The van der Waals surface area contributed by atoms with Crippen molar-refractivity contribution in [3.8, 4) is 6.07 Å². The van der Waals surface area contributed by atoms with E-state index >= 15 is 0 Å². The summed E-state index contributed by atoms with van der Waals surface area (Å²) in [6.07, 6.45) is 1.67. The van der Waals surface area contributed by atoms with E-state index in [1.165, 1.54) is 0 Å². The van der Waals surface area contributed by atoms with Crippen LogP contribution in [0.3, 0.4) is 0 Å². The maximum atomic E-state index is 8.61. The molecule has 0 saturated heterocycles. The topological polar surface area (TPSA) is 45.4 Å². The van der Waals surface area contributed by atoms with E-state index in [0.29, 0.717) is 5.56 Å². The molecule has 0 atom stereocenters. The van der Waals surface area contributed by atoms with Crippen LogP contribution in [0.25, 0.3) is 0 Å². The molecule has 78 valence electrons. The lowest BCUT2D eigenvalue weighted by molar-refractivity contribution is 0.338. The fourth-order valence-electron chi connectivity index (χ4n) is 0.889. The predicted molar refractivity (Wildman–Crippen MR) is 63.2 cm³/mol. The monoisotopic (exact) mass is 218 g/mol. The first-order valence-electron chi connectivity index (χ1n) is 4.73. The van der Waals surface area contributed by atoms with Crippen LogP contribution in [-0.4, -0.2) is 14.5 Å². The van der Waals surface area contributed by atoms with Crippen LogP contribution >= 0.6 is 0 Å². The summed E-state index contributed by atoms with van der Waals surface area (Å²) < 4.78 is 5.33. The van der Waals surface area contributed by atoms with Gasteiger partial charge in [-0.1, -0.05) is 12.1 Å².